The van der Waals surface area contributed by atoms with Crippen LogP contribution in [0.4, 0.5) is 17.6 Å². The standard InChI is InChI=1S/C32H38F4N4O5/c1-43-23-2-3-28-24(18-23)29(21(19-37-28)20-40-10-13-44-14-11-40)25(34)4-5-32(31(41)38-42)6-8-39(9-7-32)12-15-45-30-26(35)16-22(33)17-27(30)36/h2-3,16-19,25,42H,4-15,20H2,1H3,(H,38,41). The third kappa shape index (κ3) is 7.66. The van der Waals surface area contributed by atoms with Gasteiger partial charge < -0.3 is 14.2 Å². The van der Waals surface area contributed by atoms with Gasteiger partial charge in [0.2, 0.25) is 5.91 Å². The van der Waals surface area contributed by atoms with Crippen LogP contribution in [0.25, 0.3) is 10.9 Å². The van der Waals surface area contributed by atoms with Gasteiger partial charge in [-0.2, -0.15) is 0 Å². The van der Waals surface area contributed by atoms with Crippen molar-refractivity contribution < 1.29 is 41.8 Å². The normalized spacial score (nSPS) is 18.1. The van der Waals surface area contributed by atoms with E-state index >= 15 is 4.39 Å². The Labute approximate surface area is 259 Å². The lowest BCUT2D eigenvalue weighted by Crippen LogP contribution is -2.49. The van der Waals surface area contributed by atoms with Crippen LogP contribution >= 0.6 is 0 Å². The van der Waals surface area contributed by atoms with Crippen molar-refractivity contribution in [3.63, 3.8) is 0 Å². The Morgan fingerprint density at radius 3 is 2.47 bits per heavy atom. The molecule has 45 heavy (non-hydrogen) atoms. The maximum Gasteiger partial charge on any atom is 0.249 e. The van der Waals surface area contributed by atoms with Crippen molar-refractivity contribution in [1.29, 1.82) is 0 Å². The van der Waals surface area contributed by atoms with Crippen molar-refractivity contribution in [1.82, 2.24) is 20.3 Å². The molecule has 2 aliphatic heterocycles. The fraction of sp³-hybridized carbons (Fsp3) is 0.500. The maximum absolute atomic E-state index is 16.5. The lowest BCUT2D eigenvalue weighted by molar-refractivity contribution is -0.143. The molecule has 1 amide bonds. The number of hydroxylamine groups is 1. The largest absolute Gasteiger partial charge is 0.497 e. The van der Waals surface area contributed by atoms with Gasteiger partial charge in [0.1, 0.15) is 24.3 Å². The number of aromatic nitrogens is 1. The highest BCUT2D eigenvalue weighted by molar-refractivity contribution is 5.85. The highest BCUT2D eigenvalue weighted by atomic mass is 19.1. The van der Waals surface area contributed by atoms with E-state index < -0.39 is 40.7 Å². The summed E-state index contributed by atoms with van der Waals surface area (Å²) in [6.07, 6.45) is 1.17. The minimum atomic E-state index is -1.42. The summed E-state index contributed by atoms with van der Waals surface area (Å²) in [6.45, 7) is 4.23. The number of nitrogens with one attached hydrogen (secondary N) is 1. The Morgan fingerprint density at radius 2 is 1.80 bits per heavy atom. The third-order valence-electron chi connectivity index (χ3n) is 8.90. The van der Waals surface area contributed by atoms with Crippen LogP contribution in [0.15, 0.2) is 36.5 Å². The smallest absolute Gasteiger partial charge is 0.249 e. The zero-order valence-corrected chi connectivity index (χ0v) is 25.2. The number of carbonyl (C=O) groups excluding carboxylic acids is 1. The molecule has 2 saturated heterocycles. The summed E-state index contributed by atoms with van der Waals surface area (Å²) in [4.78, 5) is 21.7. The van der Waals surface area contributed by atoms with Crippen LogP contribution in [-0.4, -0.2) is 85.6 Å². The molecule has 0 radical (unpaired) electrons. The van der Waals surface area contributed by atoms with Gasteiger partial charge in [0, 0.05) is 55.5 Å². The van der Waals surface area contributed by atoms with E-state index in [-0.39, 0.29) is 19.4 Å². The molecule has 1 unspecified atom stereocenters. The molecule has 3 heterocycles. The second-order valence-corrected chi connectivity index (χ2v) is 11.6. The predicted octanol–water partition coefficient (Wildman–Crippen LogP) is 4.95. The van der Waals surface area contributed by atoms with E-state index in [4.69, 9.17) is 14.2 Å². The molecular weight excluding hydrogens is 596 g/mol. The second-order valence-electron chi connectivity index (χ2n) is 11.6. The van der Waals surface area contributed by atoms with Gasteiger partial charge in [-0.3, -0.25) is 24.8 Å². The molecule has 0 bridgehead atoms. The number of pyridine rings is 1. The van der Waals surface area contributed by atoms with E-state index in [1.807, 2.05) is 4.90 Å². The number of rotatable bonds is 12. The molecule has 0 spiro atoms. The van der Waals surface area contributed by atoms with Crippen molar-refractivity contribution in [2.75, 3.05) is 59.7 Å². The highest BCUT2D eigenvalue weighted by Crippen LogP contribution is 2.42. The van der Waals surface area contributed by atoms with Crippen LogP contribution in [0.2, 0.25) is 0 Å². The molecule has 0 saturated carbocycles. The van der Waals surface area contributed by atoms with Gasteiger partial charge in [-0.15, -0.1) is 0 Å². The Bertz CT molecular complexity index is 1460. The zero-order chi connectivity index (χ0) is 32.0. The molecule has 3 aromatic rings. The number of likely N-dealkylation sites (tertiary alicyclic amines) is 1. The summed E-state index contributed by atoms with van der Waals surface area (Å²) < 4.78 is 73.6. The molecule has 1 atom stereocenters. The number of morpholine rings is 1. The van der Waals surface area contributed by atoms with Crippen molar-refractivity contribution in [3.8, 4) is 11.5 Å². The first kappa shape index (κ1) is 32.9. The monoisotopic (exact) mass is 634 g/mol. The first-order chi connectivity index (χ1) is 21.7. The minimum Gasteiger partial charge on any atom is -0.497 e. The van der Waals surface area contributed by atoms with Crippen LogP contribution in [0.3, 0.4) is 0 Å². The van der Waals surface area contributed by atoms with E-state index in [1.165, 1.54) is 0 Å². The van der Waals surface area contributed by atoms with E-state index in [1.54, 1.807) is 37.0 Å². The number of ether oxygens (including phenoxy) is 3. The molecule has 9 nitrogen and oxygen atoms in total. The number of carbonyl (C=O) groups is 1. The SMILES string of the molecule is COc1ccc2ncc(CN3CCOCC3)c(C(F)CCC3(C(=O)NO)CCN(CCOc4c(F)cc(F)cc4F)CC3)c2c1. The molecule has 5 rings (SSSR count). The van der Waals surface area contributed by atoms with E-state index in [9.17, 15) is 23.2 Å². The van der Waals surface area contributed by atoms with Gasteiger partial charge in [-0.25, -0.2) is 23.0 Å². The third-order valence-corrected chi connectivity index (χ3v) is 8.90. The summed E-state index contributed by atoms with van der Waals surface area (Å²) in [5.41, 5.74) is 2.67. The summed E-state index contributed by atoms with van der Waals surface area (Å²) in [6, 6.07) is 6.46. The van der Waals surface area contributed by atoms with Gasteiger partial charge in [0.15, 0.2) is 17.4 Å². The maximum atomic E-state index is 16.5. The highest BCUT2D eigenvalue weighted by Gasteiger charge is 2.42. The van der Waals surface area contributed by atoms with Gasteiger partial charge in [0.25, 0.3) is 0 Å². The molecule has 13 heteroatoms. The fourth-order valence-electron chi connectivity index (χ4n) is 6.26. The number of fused-ring (bicyclic) bond motifs is 1. The van der Waals surface area contributed by atoms with Crippen LogP contribution in [-0.2, 0) is 16.1 Å². The first-order valence-corrected chi connectivity index (χ1v) is 15.1. The van der Waals surface area contributed by atoms with E-state index in [0.29, 0.717) is 86.6 Å². The fourth-order valence-corrected chi connectivity index (χ4v) is 6.26. The van der Waals surface area contributed by atoms with Gasteiger partial charge in [-0.1, -0.05) is 0 Å². The lowest BCUT2D eigenvalue weighted by Gasteiger charge is -2.40. The van der Waals surface area contributed by atoms with E-state index in [0.717, 1.165) is 18.7 Å². The molecule has 2 N–H and O–H groups in total. The van der Waals surface area contributed by atoms with Crippen LogP contribution in [0.1, 0.15) is 43.0 Å². The van der Waals surface area contributed by atoms with Crippen molar-refractivity contribution in [2.45, 2.75) is 38.4 Å². The van der Waals surface area contributed by atoms with Crippen molar-refractivity contribution in [2.24, 2.45) is 5.41 Å². The average Bonchev–Trinajstić information content (AvgIpc) is 3.05. The second kappa shape index (κ2) is 14.7. The Hall–Kier alpha value is -3.52. The summed E-state index contributed by atoms with van der Waals surface area (Å²) >= 11 is 0. The molecule has 244 valence electrons. The van der Waals surface area contributed by atoms with Crippen molar-refractivity contribution in [3.05, 3.63) is 65.1 Å². The molecule has 1 aromatic heterocycles. The van der Waals surface area contributed by atoms with Gasteiger partial charge >= 0.3 is 0 Å². The predicted molar refractivity (Wildman–Crippen MR) is 157 cm³/mol. The summed E-state index contributed by atoms with van der Waals surface area (Å²) in [5, 5.41) is 10.3. The number of amides is 1. The number of halogens is 4. The molecule has 0 aliphatic carbocycles. The molecule has 2 aromatic carbocycles. The number of alkyl halides is 1. The molecular formula is C32H38F4N4O5. The number of methoxy groups -OCH3 is 1. The summed E-state index contributed by atoms with van der Waals surface area (Å²) in [7, 11) is 1.55. The number of nitrogens with zero attached hydrogens (tertiary/aromatic N) is 3. The van der Waals surface area contributed by atoms with Crippen LogP contribution in [0, 0.1) is 22.9 Å². The Kier molecular flexibility index (Phi) is 10.7. The van der Waals surface area contributed by atoms with E-state index in [2.05, 4.69) is 9.88 Å². The number of benzene rings is 2. The number of hydrogen-bond donors (Lipinski definition) is 2. The molecule has 2 aliphatic rings. The topological polar surface area (TPSA) is 96.4 Å². The minimum absolute atomic E-state index is 0.0338. The summed E-state index contributed by atoms with van der Waals surface area (Å²) in [5.74, 6) is -3.93. The number of hydrogen-bond acceptors (Lipinski definition) is 8. The van der Waals surface area contributed by atoms with Crippen molar-refractivity contribution >= 4 is 16.8 Å². The Balaban J connectivity index is 1.27. The Morgan fingerprint density at radius 1 is 1.09 bits per heavy atom. The first-order valence-electron chi connectivity index (χ1n) is 15.1. The number of piperidine rings is 1. The lowest BCUT2D eigenvalue weighted by atomic mass is 9.73. The van der Waals surface area contributed by atoms with Gasteiger partial charge in [0.05, 0.1) is 31.3 Å². The van der Waals surface area contributed by atoms with Gasteiger partial charge in [-0.05, 0) is 62.5 Å². The van der Waals surface area contributed by atoms with Crippen LogP contribution < -0.4 is 15.0 Å². The average molecular weight is 635 g/mol. The molecule has 2 fully saturated rings. The van der Waals surface area contributed by atoms with Crippen LogP contribution in [0.5, 0.6) is 11.5 Å². The zero-order valence-electron chi connectivity index (χ0n) is 25.2. The quantitative estimate of drug-likeness (QED) is 0.164.